The van der Waals surface area contributed by atoms with E-state index in [-0.39, 0.29) is 26.5 Å². The molecule has 0 aliphatic carbocycles. The predicted molar refractivity (Wildman–Crippen MR) is 187 cm³/mol. The number of para-hydroxylation sites is 1. The Kier molecular flexibility index (Phi) is 8.69. The molecule has 7 rings (SSSR count). The van der Waals surface area contributed by atoms with Crippen LogP contribution in [0.3, 0.4) is 0 Å². The zero-order valence-corrected chi connectivity index (χ0v) is 30.6. The van der Waals surface area contributed by atoms with Crippen molar-refractivity contribution in [3.8, 4) is 34.1 Å². The number of pyridine rings is 1. The number of ether oxygens (including phenoxy) is 1. The minimum absolute atomic E-state index is 0. The van der Waals surface area contributed by atoms with Crippen LogP contribution in [0.25, 0.3) is 44.4 Å². The molecule has 244 valence electrons. The average molecular weight is 834 g/mol. The normalized spacial score (nSPS) is 12.0. The van der Waals surface area contributed by atoms with E-state index >= 15 is 0 Å². The first-order chi connectivity index (χ1) is 22.4. The van der Waals surface area contributed by atoms with Crippen molar-refractivity contribution in [3.63, 3.8) is 0 Å². The Morgan fingerprint density at radius 3 is 2.29 bits per heavy atom. The van der Waals surface area contributed by atoms with E-state index in [0.717, 1.165) is 49.9 Å². The first-order valence-electron chi connectivity index (χ1n) is 15.4. The molecule has 0 aliphatic heterocycles. The van der Waals surface area contributed by atoms with Crippen LogP contribution >= 0.6 is 0 Å². The van der Waals surface area contributed by atoms with Gasteiger partial charge in [-0.15, -0.1) is 35.7 Å². The van der Waals surface area contributed by atoms with Crippen LogP contribution in [0.2, 0.25) is 0 Å². The monoisotopic (exact) mass is 833 g/mol. The van der Waals surface area contributed by atoms with Gasteiger partial charge in [-0.2, -0.15) is 17.2 Å². The zero-order chi connectivity index (χ0) is 33.1. The van der Waals surface area contributed by atoms with Crippen molar-refractivity contribution in [2.75, 3.05) is 6.26 Å². The molecule has 0 fully saturated rings. The van der Waals surface area contributed by atoms with Crippen molar-refractivity contribution in [3.05, 3.63) is 126 Å². The smallest absolute Gasteiger partial charge is 0.509 e. The number of sulfone groups is 1. The molecule has 0 radical (unpaired) electrons. The second-order valence-electron chi connectivity index (χ2n) is 13.0. The average Bonchev–Trinajstić information content (AvgIpc) is 3.63. The molecule has 0 spiro atoms. The fourth-order valence-electron chi connectivity index (χ4n) is 6.10. The molecule has 0 saturated carbocycles. The number of aryl methyl sites for hydroxylation is 2. The molecule has 4 aromatic carbocycles. The SMILES string of the molecule is Cc1cc(S(C)(=O)=O)cc(C)c1-c1cnn(-c2[c-]c(Oc3[c-]c4c(cc3)c3ccccc3n4-c3cc(C(C)(C)C)ccn3)ccc2)c1.[Pt+2]. The molecular formula is C39H34N4O3PtS. The van der Waals surface area contributed by atoms with Crippen LogP contribution in [0.1, 0.15) is 37.5 Å². The van der Waals surface area contributed by atoms with Crippen molar-refractivity contribution in [1.29, 1.82) is 0 Å². The summed E-state index contributed by atoms with van der Waals surface area (Å²) >= 11 is 0. The van der Waals surface area contributed by atoms with Crippen LogP contribution in [0, 0.1) is 26.0 Å². The maximum absolute atomic E-state index is 12.1. The van der Waals surface area contributed by atoms with Crippen molar-refractivity contribution >= 4 is 31.6 Å². The quantitative estimate of drug-likeness (QED) is 0.157. The molecule has 7 nitrogen and oxygen atoms in total. The van der Waals surface area contributed by atoms with Gasteiger partial charge in [0.15, 0.2) is 9.84 Å². The Balaban J connectivity index is 0.00000401. The molecule has 9 heteroatoms. The number of aromatic nitrogens is 4. The minimum Gasteiger partial charge on any atom is -0.509 e. The number of hydrogen-bond acceptors (Lipinski definition) is 5. The molecule has 0 saturated heterocycles. The van der Waals surface area contributed by atoms with Gasteiger partial charge in [0.1, 0.15) is 5.82 Å². The zero-order valence-electron chi connectivity index (χ0n) is 27.5. The Morgan fingerprint density at radius 2 is 1.56 bits per heavy atom. The van der Waals surface area contributed by atoms with Crippen LogP contribution < -0.4 is 4.74 Å². The van der Waals surface area contributed by atoms with Gasteiger partial charge in [0.2, 0.25) is 0 Å². The van der Waals surface area contributed by atoms with Crippen molar-refractivity contribution < 1.29 is 34.2 Å². The second-order valence-corrected chi connectivity index (χ2v) is 15.0. The third-order valence-electron chi connectivity index (χ3n) is 8.42. The van der Waals surface area contributed by atoms with Gasteiger partial charge in [0.25, 0.3) is 0 Å². The number of fused-ring (bicyclic) bond motifs is 3. The van der Waals surface area contributed by atoms with Crippen molar-refractivity contribution in [2.24, 2.45) is 0 Å². The van der Waals surface area contributed by atoms with Crippen molar-refractivity contribution in [1.82, 2.24) is 19.3 Å². The van der Waals surface area contributed by atoms with Crippen LogP contribution in [-0.4, -0.2) is 34.0 Å². The first kappa shape index (κ1) is 33.4. The molecule has 0 unspecified atom stereocenters. The van der Waals surface area contributed by atoms with Gasteiger partial charge >= 0.3 is 21.1 Å². The maximum Gasteiger partial charge on any atom is 2.00 e. The Labute approximate surface area is 295 Å². The van der Waals surface area contributed by atoms with Gasteiger partial charge in [-0.3, -0.25) is 4.68 Å². The Bertz CT molecular complexity index is 2420. The molecule has 0 amide bonds. The number of hydrogen-bond donors (Lipinski definition) is 0. The second kappa shape index (κ2) is 12.5. The van der Waals surface area contributed by atoms with E-state index in [2.05, 4.69) is 72.9 Å². The van der Waals surface area contributed by atoms with Crippen LogP contribution in [-0.2, 0) is 36.3 Å². The summed E-state index contributed by atoms with van der Waals surface area (Å²) in [5.41, 5.74) is 7.39. The summed E-state index contributed by atoms with van der Waals surface area (Å²) in [6.07, 6.45) is 6.79. The standard InChI is InChI=1S/C39H34N4O3S.Pt/c1-25-18-32(47(6,44)45)19-26(2)38(25)27-23-41-42(24-27)29-10-9-11-30(21-29)46-31-14-15-34-33-12-7-8-13-35(33)43(36(34)22-31)37-20-28(16-17-40-37)39(3,4)5;/h7-20,23-24H,1-6H3;/q-2;+2. The van der Waals surface area contributed by atoms with E-state index in [9.17, 15) is 8.42 Å². The molecular weight excluding hydrogens is 800 g/mol. The summed E-state index contributed by atoms with van der Waals surface area (Å²) in [4.78, 5) is 5.08. The first-order valence-corrected chi connectivity index (χ1v) is 17.3. The molecule has 3 aromatic heterocycles. The molecule has 0 aliphatic rings. The van der Waals surface area contributed by atoms with E-state index < -0.39 is 9.84 Å². The fraction of sp³-hybridized carbons (Fsp3) is 0.179. The van der Waals surface area contributed by atoms with Gasteiger partial charge in [0.05, 0.1) is 11.1 Å². The summed E-state index contributed by atoms with van der Waals surface area (Å²) in [6, 6.07) is 32.5. The summed E-state index contributed by atoms with van der Waals surface area (Å²) < 4.78 is 34.5. The number of nitrogens with zero attached hydrogens (tertiary/aromatic N) is 4. The predicted octanol–water partition coefficient (Wildman–Crippen LogP) is 8.74. The van der Waals surface area contributed by atoms with E-state index in [1.54, 1.807) is 23.0 Å². The summed E-state index contributed by atoms with van der Waals surface area (Å²) in [5, 5.41) is 6.77. The van der Waals surface area contributed by atoms with Gasteiger partial charge < -0.3 is 9.30 Å². The molecule has 0 N–H and O–H groups in total. The van der Waals surface area contributed by atoms with Gasteiger partial charge in [0, 0.05) is 41.2 Å². The van der Waals surface area contributed by atoms with E-state index in [1.807, 2.05) is 62.6 Å². The summed E-state index contributed by atoms with van der Waals surface area (Å²) in [5.74, 6) is 1.91. The molecule has 3 heterocycles. The third-order valence-corrected chi connectivity index (χ3v) is 9.51. The van der Waals surface area contributed by atoms with E-state index in [1.165, 1.54) is 11.8 Å². The number of benzene rings is 4. The van der Waals surface area contributed by atoms with Crippen LogP contribution in [0.4, 0.5) is 0 Å². The Morgan fingerprint density at radius 1 is 0.833 bits per heavy atom. The summed E-state index contributed by atoms with van der Waals surface area (Å²) in [6.45, 7) is 10.4. The van der Waals surface area contributed by atoms with Gasteiger partial charge in [-0.05, 0) is 82.9 Å². The van der Waals surface area contributed by atoms with Gasteiger partial charge in [-0.1, -0.05) is 44.5 Å². The topological polar surface area (TPSA) is 79.0 Å². The van der Waals surface area contributed by atoms with Crippen LogP contribution in [0.5, 0.6) is 11.5 Å². The van der Waals surface area contributed by atoms with Crippen LogP contribution in [0.15, 0.2) is 102 Å². The molecule has 48 heavy (non-hydrogen) atoms. The minimum atomic E-state index is -3.31. The molecule has 7 aromatic rings. The number of rotatable bonds is 6. The van der Waals surface area contributed by atoms with E-state index in [0.29, 0.717) is 22.1 Å². The maximum atomic E-state index is 12.1. The van der Waals surface area contributed by atoms with E-state index in [4.69, 9.17) is 9.72 Å². The molecule has 0 atom stereocenters. The summed E-state index contributed by atoms with van der Waals surface area (Å²) in [7, 11) is -3.31. The molecule has 0 bridgehead atoms. The van der Waals surface area contributed by atoms with Crippen molar-refractivity contribution in [2.45, 2.75) is 44.9 Å². The largest absolute Gasteiger partial charge is 2.00 e. The van der Waals surface area contributed by atoms with Gasteiger partial charge in [-0.25, -0.2) is 13.4 Å². The Hall–Kier alpha value is -4.52. The third kappa shape index (κ3) is 6.23. The fourth-order valence-corrected chi connectivity index (χ4v) is 6.89.